The molecular formula is C17H22N2O. The Morgan fingerprint density at radius 1 is 1.15 bits per heavy atom. The van der Waals surface area contributed by atoms with Crippen LogP contribution in [0.1, 0.15) is 25.8 Å². The standard InChI is InChI=1S/C17H22N2O/c1-4-19(5-2)17-11-8-15(12-13-18-17)14-6-9-16(20-3)10-7-14/h6-10,12-13H,4-5,11H2,1-3H3. The van der Waals surface area contributed by atoms with Gasteiger partial charge in [0.15, 0.2) is 0 Å². The fourth-order valence-corrected chi connectivity index (χ4v) is 2.32. The van der Waals surface area contributed by atoms with E-state index in [0.29, 0.717) is 0 Å². The topological polar surface area (TPSA) is 24.8 Å². The van der Waals surface area contributed by atoms with Gasteiger partial charge < -0.3 is 9.64 Å². The van der Waals surface area contributed by atoms with Gasteiger partial charge in [-0.2, -0.15) is 0 Å². The minimum Gasteiger partial charge on any atom is -0.497 e. The van der Waals surface area contributed by atoms with Gasteiger partial charge in [-0.1, -0.05) is 18.2 Å². The van der Waals surface area contributed by atoms with Crippen LogP contribution in [0.15, 0.2) is 47.6 Å². The molecule has 0 saturated heterocycles. The Balaban J connectivity index is 2.16. The predicted molar refractivity (Wildman–Crippen MR) is 85.1 cm³/mol. The molecule has 3 nitrogen and oxygen atoms in total. The zero-order chi connectivity index (χ0) is 14.4. The molecule has 2 rings (SSSR count). The number of methoxy groups -OCH3 is 1. The summed E-state index contributed by atoms with van der Waals surface area (Å²) in [7, 11) is 1.68. The lowest BCUT2D eigenvalue weighted by Crippen LogP contribution is -2.29. The number of amidine groups is 1. The summed E-state index contributed by atoms with van der Waals surface area (Å²) in [6.07, 6.45) is 7.08. The molecule has 106 valence electrons. The number of nitrogens with zero attached hydrogens (tertiary/aromatic N) is 2. The van der Waals surface area contributed by atoms with E-state index in [1.807, 2.05) is 18.3 Å². The highest BCUT2D eigenvalue weighted by Crippen LogP contribution is 2.22. The molecular weight excluding hydrogens is 248 g/mol. The maximum absolute atomic E-state index is 5.19. The quantitative estimate of drug-likeness (QED) is 0.832. The van der Waals surface area contributed by atoms with Gasteiger partial charge in [-0.3, -0.25) is 0 Å². The van der Waals surface area contributed by atoms with Crippen LogP contribution in [-0.4, -0.2) is 30.9 Å². The lowest BCUT2D eigenvalue weighted by molar-refractivity contribution is 0.415. The monoisotopic (exact) mass is 270 g/mol. The molecule has 1 aromatic rings. The van der Waals surface area contributed by atoms with Crippen molar-refractivity contribution in [3.05, 3.63) is 48.2 Å². The van der Waals surface area contributed by atoms with Crippen LogP contribution < -0.4 is 4.74 Å². The zero-order valence-electron chi connectivity index (χ0n) is 12.5. The number of hydrogen-bond donors (Lipinski definition) is 0. The van der Waals surface area contributed by atoms with Gasteiger partial charge in [0, 0.05) is 25.7 Å². The van der Waals surface area contributed by atoms with E-state index < -0.39 is 0 Å². The van der Waals surface area contributed by atoms with Gasteiger partial charge >= 0.3 is 0 Å². The average molecular weight is 270 g/mol. The third kappa shape index (κ3) is 3.29. The van der Waals surface area contributed by atoms with Crippen molar-refractivity contribution in [2.75, 3.05) is 20.2 Å². The zero-order valence-corrected chi connectivity index (χ0v) is 12.5. The second-order valence-corrected chi connectivity index (χ2v) is 4.63. The maximum Gasteiger partial charge on any atom is 0.118 e. The molecule has 0 radical (unpaired) electrons. The van der Waals surface area contributed by atoms with Crippen molar-refractivity contribution in [1.82, 2.24) is 4.90 Å². The third-order valence-electron chi connectivity index (χ3n) is 3.53. The summed E-state index contributed by atoms with van der Waals surface area (Å²) in [5.41, 5.74) is 2.40. The van der Waals surface area contributed by atoms with E-state index in [-0.39, 0.29) is 0 Å². The minimum absolute atomic E-state index is 0.871. The lowest BCUT2D eigenvalue weighted by Gasteiger charge is -2.21. The summed E-state index contributed by atoms with van der Waals surface area (Å²) in [5, 5.41) is 0. The number of allylic oxidation sites excluding steroid dienone is 2. The van der Waals surface area contributed by atoms with Crippen molar-refractivity contribution >= 4 is 11.4 Å². The second-order valence-electron chi connectivity index (χ2n) is 4.63. The molecule has 0 saturated carbocycles. The molecule has 20 heavy (non-hydrogen) atoms. The van der Waals surface area contributed by atoms with E-state index in [9.17, 15) is 0 Å². The molecule has 0 bridgehead atoms. The Labute approximate surface area is 121 Å². The van der Waals surface area contributed by atoms with Crippen LogP contribution in [0.5, 0.6) is 5.75 Å². The summed E-state index contributed by atoms with van der Waals surface area (Å²) in [6.45, 7) is 6.31. The largest absolute Gasteiger partial charge is 0.497 e. The summed E-state index contributed by atoms with van der Waals surface area (Å²) in [6, 6.07) is 8.14. The first-order chi connectivity index (χ1) is 9.78. The molecule has 1 heterocycles. The molecule has 0 amide bonds. The van der Waals surface area contributed by atoms with E-state index in [1.165, 1.54) is 11.1 Å². The molecule has 0 unspecified atom stereocenters. The summed E-state index contributed by atoms with van der Waals surface area (Å²) < 4.78 is 5.19. The number of hydrogen-bond acceptors (Lipinski definition) is 3. The number of ether oxygens (including phenoxy) is 1. The molecule has 1 aliphatic rings. The van der Waals surface area contributed by atoms with Crippen LogP contribution >= 0.6 is 0 Å². The molecule has 0 atom stereocenters. The van der Waals surface area contributed by atoms with Crippen molar-refractivity contribution in [2.45, 2.75) is 20.3 Å². The van der Waals surface area contributed by atoms with Gasteiger partial charge in [0.1, 0.15) is 11.6 Å². The normalized spacial score (nSPS) is 14.3. The molecule has 0 N–H and O–H groups in total. The van der Waals surface area contributed by atoms with Crippen LogP contribution in [0.25, 0.3) is 5.57 Å². The van der Waals surface area contributed by atoms with Crippen LogP contribution in [0.4, 0.5) is 0 Å². The van der Waals surface area contributed by atoms with E-state index in [0.717, 1.165) is 31.1 Å². The molecule has 0 aliphatic carbocycles. The van der Waals surface area contributed by atoms with Gasteiger partial charge in [-0.25, -0.2) is 4.99 Å². The first-order valence-corrected chi connectivity index (χ1v) is 7.11. The van der Waals surface area contributed by atoms with E-state index in [1.54, 1.807) is 7.11 Å². The molecule has 1 aromatic carbocycles. The predicted octanol–water partition coefficient (Wildman–Crippen LogP) is 3.74. The molecule has 0 fully saturated rings. The highest BCUT2D eigenvalue weighted by atomic mass is 16.5. The Bertz CT molecular complexity index is 522. The summed E-state index contributed by atoms with van der Waals surface area (Å²) in [4.78, 5) is 6.85. The van der Waals surface area contributed by atoms with Crippen molar-refractivity contribution in [2.24, 2.45) is 4.99 Å². The number of benzene rings is 1. The number of rotatable bonds is 4. The smallest absolute Gasteiger partial charge is 0.118 e. The third-order valence-corrected chi connectivity index (χ3v) is 3.53. The Kier molecular flexibility index (Phi) is 4.99. The Morgan fingerprint density at radius 2 is 1.85 bits per heavy atom. The van der Waals surface area contributed by atoms with Gasteiger partial charge in [0.05, 0.1) is 7.11 Å². The molecule has 3 heteroatoms. The highest BCUT2D eigenvalue weighted by Gasteiger charge is 2.08. The van der Waals surface area contributed by atoms with Gasteiger partial charge in [0.2, 0.25) is 0 Å². The van der Waals surface area contributed by atoms with Crippen molar-refractivity contribution in [3.8, 4) is 5.75 Å². The van der Waals surface area contributed by atoms with Crippen molar-refractivity contribution in [1.29, 1.82) is 0 Å². The SMILES string of the molecule is CCN(CC)C1=NC=CC(c2ccc(OC)cc2)=CC1. The van der Waals surface area contributed by atoms with E-state index in [2.05, 4.69) is 48.0 Å². The fourth-order valence-electron chi connectivity index (χ4n) is 2.32. The van der Waals surface area contributed by atoms with Gasteiger partial charge in [-0.15, -0.1) is 0 Å². The highest BCUT2D eigenvalue weighted by molar-refractivity contribution is 5.88. The van der Waals surface area contributed by atoms with Crippen molar-refractivity contribution in [3.63, 3.8) is 0 Å². The Morgan fingerprint density at radius 3 is 2.45 bits per heavy atom. The first kappa shape index (κ1) is 14.4. The fraction of sp³-hybridized carbons (Fsp3) is 0.353. The van der Waals surface area contributed by atoms with Crippen LogP contribution in [0, 0.1) is 0 Å². The average Bonchev–Trinajstić information content (AvgIpc) is 2.75. The van der Waals surface area contributed by atoms with Crippen molar-refractivity contribution < 1.29 is 4.74 Å². The molecule has 0 aromatic heterocycles. The minimum atomic E-state index is 0.871. The van der Waals surface area contributed by atoms with E-state index >= 15 is 0 Å². The van der Waals surface area contributed by atoms with Crippen LogP contribution in [-0.2, 0) is 0 Å². The first-order valence-electron chi connectivity index (χ1n) is 7.11. The van der Waals surface area contributed by atoms with E-state index in [4.69, 9.17) is 4.74 Å². The summed E-state index contributed by atoms with van der Waals surface area (Å²) in [5.74, 6) is 2.02. The maximum atomic E-state index is 5.19. The molecule has 0 spiro atoms. The van der Waals surface area contributed by atoms with Gasteiger partial charge in [-0.05, 0) is 43.2 Å². The van der Waals surface area contributed by atoms with Crippen LogP contribution in [0.3, 0.4) is 0 Å². The van der Waals surface area contributed by atoms with Crippen LogP contribution in [0.2, 0.25) is 0 Å². The lowest BCUT2D eigenvalue weighted by atomic mass is 10.0. The second kappa shape index (κ2) is 6.94. The number of aliphatic imine (C=N–C) groups is 1. The Hall–Kier alpha value is -2.03. The summed E-state index contributed by atoms with van der Waals surface area (Å²) >= 11 is 0. The molecule has 1 aliphatic heterocycles. The van der Waals surface area contributed by atoms with Gasteiger partial charge in [0.25, 0.3) is 0 Å².